The van der Waals surface area contributed by atoms with Gasteiger partial charge in [0.15, 0.2) is 11.3 Å². The van der Waals surface area contributed by atoms with Gasteiger partial charge < -0.3 is 20.3 Å². The Bertz CT molecular complexity index is 1300. The van der Waals surface area contributed by atoms with Gasteiger partial charge in [-0.25, -0.2) is 14.5 Å². The minimum absolute atomic E-state index is 0.0239. The number of hydrogen-bond acceptors (Lipinski definition) is 7. The van der Waals surface area contributed by atoms with Crippen molar-refractivity contribution in [3.63, 3.8) is 0 Å². The third-order valence-electron chi connectivity index (χ3n) is 4.99. The van der Waals surface area contributed by atoms with Crippen molar-refractivity contribution in [2.45, 2.75) is 26.9 Å². The Kier molecular flexibility index (Phi) is 6.34. The standard InChI is InChI=1S/C24H25N5O4/c1-14-9-15(2)25-21(10-14)27-24(32)23-16(3)26-22-8-7-20(28-29(22)23)17-5-4-6-19(11-17)33-13-18(31)12-30/h4-11,18,30-31H,12-13H2,1-3H3,(H,25,27,32). The smallest absolute Gasteiger partial charge is 0.277 e. The lowest BCUT2D eigenvalue weighted by Gasteiger charge is -2.11. The molecule has 4 rings (SSSR count). The predicted octanol–water partition coefficient (Wildman–Crippen LogP) is 2.70. The normalized spacial score (nSPS) is 12.0. The molecule has 1 amide bonds. The molecule has 0 bridgehead atoms. The van der Waals surface area contributed by atoms with E-state index in [2.05, 4.69) is 20.4 Å². The summed E-state index contributed by atoms with van der Waals surface area (Å²) >= 11 is 0. The maximum atomic E-state index is 13.1. The Balaban J connectivity index is 1.65. The summed E-state index contributed by atoms with van der Waals surface area (Å²) in [6.45, 7) is 5.18. The molecule has 9 nitrogen and oxygen atoms in total. The number of pyridine rings is 1. The number of carbonyl (C=O) groups is 1. The number of ether oxygens (including phenoxy) is 1. The van der Waals surface area contributed by atoms with Gasteiger partial charge in [0, 0.05) is 11.3 Å². The van der Waals surface area contributed by atoms with Crippen LogP contribution in [0.2, 0.25) is 0 Å². The van der Waals surface area contributed by atoms with Crippen LogP contribution in [0.25, 0.3) is 16.9 Å². The number of rotatable bonds is 7. The van der Waals surface area contributed by atoms with Gasteiger partial charge in [0.25, 0.3) is 5.91 Å². The molecule has 9 heteroatoms. The van der Waals surface area contributed by atoms with Gasteiger partial charge >= 0.3 is 0 Å². The van der Waals surface area contributed by atoms with Crippen LogP contribution >= 0.6 is 0 Å². The van der Waals surface area contributed by atoms with Crippen LogP contribution in [0.3, 0.4) is 0 Å². The van der Waals surface area contributed by atoms with Crippen molar-refractivity contribution in [3.05, 3.63) is 71.2 Å². The molecule has 3 aromatic heterocycles. The molecule has 0 aliphatic rings. The van der Waals surface area contributed by atoms with Crippen LogP contribution in [0.1, 0.15) is 27.4 Å². The molecule has 0 aliphatic heterocycles. The van der Waals surface area contributed by atoms with E-state index in [1.54, 1.807) is 31.2 Å². The highest BCUT2D eigenvalue weighted by atomic mass is 16.5. The van der Waals surface area contributed by atoms with E-state index < -0.39 is 6.10 Å². The second-order valence-corrected chi connectivity index (χ2v) is 7.83. The van der Waals surface area contributed by atoms with Crippen LogP contribution in [0.15, 0.2) is 48.5 Å². The van der Waals surface area contributed by atoms with Gasteiger partial charge in [-0.2, -0.15) is 5.10 Å². The number of imidazole rings is 1. The largest absolute Gasteiger partial charge is 0.491 e. The first-order chi connectivity index (χ1) is 15.8. The number of hydrogen-bond donors (Lipinski definition) is 3. The predicted molar refractivity (Wildman–Crippen MR) is 123 cm³/mol. The number of amides is 1. The molecule has 3 N–H and O–H groups in total. The van der Waals surface area contributed by atoms with Crippen molar-refractivity contribution in [1.29, 1.82) is 0 Å². The van der Waals surface area contributed by atoms with Crippen molar-refractivity contribution in [1.82, 2.24) is 19.6 Å². The Morgan fingerprint density at radius 1 is 1.12 bits per heavy atom. The van der Waals surface area contributed by atoms with Crippen molar-refractivity contribution >= 4 is 17.4 Å². The Morgan fingerprint density at radius 2 is 1.94 bits per heavy atom. The zero-order valence-electron chi connectivity index (χ0n) is 18.6. The summed E-state index contributed by atoms with van der Waals surface area (Å²) in [6.07, 6.45) is -0.954. The number of aliphatic hydroxyl groups is 2. The first-order valence-corrected chi connectivity index (χ1v) is 10.5. The number of aromatic nitrogens is 4. The van der Waals surface area contributed by atoms with E-state index in [1.807, 2.05) is 38.1 Å². The number of anilines is 1. The SMILES string of the molecule is Cc1cc(C)nc(NC(=O)c2c(C)nc3ccc(-c4cccc(OCC(O)CO)c4)nn23)c1. The lowest BCUT2D eigenvalue weighted by atomic mass is 10.1. The highest BCUT2D eigenvalue weighted by Crippen LogP contribution is 2.24. The highest BCUT2D eigenvalue weighted by molar-refractivity contribution is 6.03. The molecule has 0 fully saturated rings. The fraction of sp³-hybridized carbons (Fsp3) is 0.250. The summed E-state index contributed by atoms with van der Waals surface area (Å²) in [5.41, 5.74) is 4.63. The van der Waals surface area contributed by atoms with Crippen LogP contribution in [0.4, 0.5) is 5.82 Å². The first-order valence-electron chi connectivity index (χ1n) is 10.5. The summed E-state index contributed by atoms with van der Waals surface area (Å²) in [6, 6.07) is 14.6. The molecule has 1 atom stereocenters. The Morgan fingerprint density at radius 3 is 2.70 bits per heavy atom. The van der Waals surface area contributed by atoms with Gasteiger partial charge in [-0.15, -0.1) is 0 Å². The van der Waals surface area contributed by atoms with E-state index in [-0.39, 0.29) is 19.1 Å². The number of nitrogens with zero attached hydrogens (tertiary/aromatic N) is 4. The van der Waals surface area contributed by atoms with Gasteiger partial charge in [-0.3, -0.25) is 4.79 Å². The van der Waals surface area contributed by atoms with Crippen molar-refractivity contribution in [2.75, 3.05) is 18.5 Å². The molecule has 0 saturated heterocycles. The van der Waals surface area contributed by atoms with Gasteiger partial charge in [0.1, 0.15) is 24.3 Å². The van der Waals surface area contributed by atoms with E-state index in [1.165, 1.54) is 4.52 Å². The fourth-order valence-electron chi connectivity index (χ4n) is 3.53. The molecule has 170 valence electrons. The lowest BCUT2D eigenvalue weighted by Crippen LogP contribution is -2.21. The van der Waals surface area contributed by atoms with Crippen LogP contribution in [0.5, 0.6) is 5.75 Å². The maximum Gasteiger partial charge on any atom is 0.277 e. The Labute approximate surface area is 190 Å². The average Bonchev–Trinajstić information content (AvgIpc) is 3.11. The van der Waals surface area contributed by atoms with Crippen LogP contribution in [-0.4, -0.2) is 55.0 Å². The van der Waals surface area contributed by atoms with E-state index in [9.17, 15) is 9.90 Å². The van der Waals surface area contributed by atoms with Crippen LogP contribution < -0.4 is 10.1 Å². The van der Waals surface area contributed by atoms with Gasteiger partial charge in [-0.05, 0) is 62.7 Å². The zero-order chi connectivity index (χ0) is 23.5. The zero-order valence-corrected chi connectivity index (χ0v) is 18.6. The number of carbonyl (C=O) groups excluding carboxylic acids is 1. The minimum Gasteiger partial charge on any atom is -0.491 e. The quantitative estimate of drug-likeness (QED) is 0.398. The van der Waals surface area contributed by atoms with Gasteiger partial charge in [-0.1, -0.05) is 12.1 Å². The first kappa shape index (κ1) is 22.4. The second-order valence-electron chi connectivity index (χ2n) is 7.83. The summed E-state index contributed by atoms with van der Waals surface area (Å²) < 4.78 is 7.05. The molecule has 0 radical (unpaired) electrons. The fourth-order valence-corrected chi connectivity index (χ4v) is 3.53. The number of aliphatic hydroxyl groups excluding tert-OH is 2. The van der Waals surface area contributed by atoms with E-state index in [0.29, 0.717) is 34.3 Å². The molecule has 0 spiro atoms. The third kappa shape index (κ3) is 5.00. The van der Waals surface area contributed by atoms with Crippen LogP contribution in [0, 0.1) is 20.8 Å². The molecule has 3 heterocycles. The maximum absolute atomic E-state index is 13.1. The topological polar surface area (TPSA) is 122 Å². The summed E-state index contributed by atoms with van der Waals surface area (Å²) in [5, 5.41) is 25.9. The summed E-state index contributed by atoms with van der Waals surface area (Å²) in [5.74, 6) is 0.651. The number of nitrogens with one attached hydrogen (secondary N) is 1. The molecule has 1 aromatic carbocycles. The number of benzene rings is 1. The van der Waals surface area contributed by atoms with Crippen molar-refractivity contribution in [3.8, 4) is 17.0 Å². The highest BCUT2D eigenvalue weighted by Gasteiger charge is 2.19. The summed E-state index contributed by atoms with van der Waals surface area (Å²) in [7, 11) is 0. The molecular weight excluding hydrogens is 422 g/mol. The van der Waals surface area contributed by atoms with Crippen LogP contribution in [-0.2, 0) is 0 Å². The lowest BCUT2D eigenvalue weighted by molar-refractivity contribution is 0.0536. The second kappa shape index (κ2) is 9.35. The number of fused-ring (bicyclic) bond motifs is 1. The molecule has 1 unspecified atom stereocenters. The minimum atomic E-state index is -0.954. The molecule has 0 aliphatic carbocycles. The Hall–Kier alpha value is -3.82. The molecule has 33 heavy (non-hydrogen) atoms. The number of aryl methyl sites for hydroxylation is 3. The molecule has 0 saturated carbocycles. The van der Waals surface area contributed by atoms with Gasteiger partial charge in [0.2, 0.25) is 0 Å². The van der Waals surface area contributed by atoms with Gasteiger partial charge in [0.05, 0.1) is 18.0 Å². The summed E-state index contributed by atoms with van der Waals surface area (Å²) in [4.78, 5) is 21.9. The monoisotopic (exact) mass is 447 g/mol. The molecule has 4 aromatic rings. The third-order valence-corrected chi connectivity index (χ3v) is 4.99. The van der Waals surface area contributed by atoms with E-state index in [0.717, 1.165) is 16.8 Å². The van der Waals surface area contributed by atoms with E-state index >= 15 is 0 Å². The van der Waals surface area contributed by atoms with E-state index in [4.69, 9.17) is 9.84 Å². The van der Waals surface area contributed by atoms with Crippen molar-refractivity contribution in [2.24, 2.45) is 0 Å². The average molecular weight is 447 g/mol. The van der Waals surface area contributed by atoms with Crippen molar-refractivity contribution < 1.29 is 19.7 Å². The molecular formula is C24H25N5O4.